The van der Waals surface area contributed by atoms with Crippen LogP contribution < -0.4 is 10.9 Å². The predicted molar refractivity (Wildman–Crippen MR) is 135 cm³/mol. The van der Waals surface area contributed by atoms with Crippen molar-refractivity contribution >= 4 is 16.8 Å². The molecule has 0 aliphatic rings. The van der Waals surface area contributed by atoms with Crippen LogP contribution >= 0.6 is 0 Å². The number of nitrogens with zero attached hydrogens (tertiary/aromatic N) is 2. The van der Waals surface area contributed by atoms with Gasteiger partial charge in [-0.1, -0.05) is 43.3 Å². The first-order valence-electron chi connectivity index (χ1n) is 12.1. The third-order valence-electron chi connectivity index (χ3n) is 6.22. The van der Waals surface area contributed by atoms with Gasteiger partial charge in [0.15, 0.2) is 0 Å². The summed E-state index contributed by atoms with van der Waals surface area (Å²) >= 11 is 0. The van der Waals surface area contributed by atoms with Crippen molar-refractivity contribution in [1.29, 1.82) is 0 Å². The van der Waals surface area contributed by atoms with Gasteiger partial charge in [0.1, 0.15) is 11.2 Å². The molecule has 2 N–H and O–H groups in total. The summed E-state index contributed by atoms with van der Waals surface area (Å²) in [7, 11) is 0. The molecule has 0 saturated heterocycles. The maximum absolute atomic E-state index is 13.7. The van der Waals surface area contributed by atoms with Gasteiger partial charge in [-0.15, -0.1) is 0 Å². The third kappa shape index (κ3) is 6.01. The molecule has 0 radical (unpaired) electrons. The van der Waals surface area contributed by atoms with Crippen LogP contribution in [0.15, 0.2) is 71.7 Å². The normalized spacial score (nSPS) is 12.9. The second kappa shape index (κ2) is 11.1. The van der Waals surface area contributed by atoms with Crippen LogP contribution in [-0.2, 0) is 25.4 Å². The van der Waals surface area contributed by atoms with E-state index in [1.54, 1.807) is 49.4 Å². The number of rotatable bonds is 7. The van der Waals surface area contributed by atoms with Crippen molar-refractivity contribution in [2.45, 2.75) is 32.4 Å². The van der Waals surface area contributed by atoms with Gasteiger partial charge < -0.3 is 15.0 Å². The van der Waals surface area contributed by atoms with E-state index in [1.165, 1.54) is 6.20 Å². The van der Waals surface area contributed by atoms with Crippen LogP contribution in [0.25, 0.3) is 22.0 Å². The van der Waals surface area contributed by atoms with Gasteiger partial charge in [-0.05, 0) is 41.3 Å². The molecule has 2 aromatic heterocycles. The summed E-state index contributed by atoms with van der Waals surface area (Å²) in [6.07, 6.45) is -8.69. The van der Waals surface area contributed by atoms with Gasteiger partial charge in [-0.25, -0.2) is 0 Å². The monoisotopic (exact) mass is 563 g/mol. The second-order valence-corrected chi connectivity index (χ2v) is 9.29. The van der Waals surface area contributed by atoms with Crippen LogP contribution in [0.3, 0.4) is 0 Å². The molecule has 0 saturated carbocycles. The Labute approximate surface area is 223 Å². The van der Waals surface area contributed by atoms with E-state index in [0.717, 1.165) is 4.57 Å². The van der Waals surface area contributed by atoms with E-state index in [4.69, 9.17) is 0 Å². The highest BCUT2D eigenvalue weighted by molar-refractivity contribution is 6.07. The van der Waals surface area contributed by atoms with E-state index in [0.29, 0.717) is 28.6 Å². The summed E-state index contributed by atoms with van der Waals surface area (Å²) in [5.41, 5.74) is -3.39. The molecule has 0 aliphatic heterocycles. The first-order valence-corrected chi connectivity index (χ1v) is 12.1. The van der Waals surface area contributed by atoms with Crippen LogP contribution in [0, 0.1) is 5.92 Å². The van der Waals surface area contributed by atoms with E-state index in [9.17, 15) is 41.0 Å². The van der Waals surface area contributed by atoms with Crippen LogP contribution in [0.4, 0.5) is 26.3 Å². The minimum absolute atomic E-state index is 0.00308. The van der Waals surface area contributed by atoms with Crippen LogP contribution in [0.1, 0.15) is 34.1 Å². The van der Waals surface area contributed by atoms with Gasteiger partial charge in [-0.2, -0.15) is 26.3 Å². The number of hydrogen-bond donors (Lipinski definition) is 2. The standard InChI is InChI=1S/C28H23F6N3O3/c1-16(15-38)14-37-24(22(18-6-3-2-4-7-18)21-8-5-9-35-23(21)26(37)40)25(39)36-13-17-10-19(27(29,30)31)12-20(11-17)28(32,33)34/h2-12,16,38H,13-15H2,1H3,(H,36,39). The SMILES string of the molecule is CC(CO)Cn1c(C(=O)NCc2cc(C(F)(F)F)cc(C(F)(F)F)c2)c(-c2ccccc2)c2cccnc2c1=O. The van der Waals surface area contributed by atoms with E-state index >= 15 is 0 Å². The third-order valence-corrected chi connectivity index (χ3v) is 6.22. The molecule has 1 atom stereocenters. The number of nitrogens with one attached hydrogen (secondary N) is 1. The Morgan fingerprint density at radius 1 is 0.975 bits per heavy atom. The highest BCUT2D eigenvalue weighted by atomic mass is 19.4. The molecule has 4 aromatic rings. The number of aromatic nitrogens is 2. The van der Waals surface area contributed by atoms with Crippen LogP contribution in [-0.4, -0.2) is 27.2 Å². The molecule has 2 heterocycles. The number of hydrogen-bond acceptors (Lipinski definition) is 4. The topological polar surface area (TPSA) is 84.2 Å². The zero-order chi connectivity index (χ0) is 29.2. The summed E-state index contributed by atoms with van der Waals surface area (Å²) < 4.78 is 81.1. The van der Waals surface area contributed by atoms with Gasteiger partial charge in [-0.3, -0.25) is 14.6 Å². The van der Waals surface area contributed by atoms with E-state index in [1.807, 2.05) is 0 Å². The molecule has 0 bridgehead atoms. The number of fused-ring (bicyclic) bond motifs is 1. The van der Waals surface area contributed by atoms with E-state index in [2.05, 4.69) is 10.3 Å². The van der Waals surface area contributed by atoms with Crippen molar-refractivity contribution < 1.29 is 36.2 Å². The number of carbonyl (C=O) groups excluding carboxylic acids is 1. The molecule has 0 fully saturated rings. The van der Waals surface area contributed by atoms with Crippen LogP contribution in [0.2, 0.25) is 0 Å². The molecule has 12 heteroatoms. The highest BCUT2D eigenvalue weighted by Crippen LogP contribution is 2.36. The maximum atomic E-state index is 13.7. The highest BCUT2D eigenvalue weighted by Gasteiger charge is 2.37. The van der Waals surface area contributed by atoms with Crippen molar-refractivity contribution in [1.82, 2.24) is 14.9 Å². The lowest BCUT2D eigenvalue weighted by Gasteiger charge is -2.21. The minimum Gasteiger partial charge on any atom is -0.396 e. The van der Waals surface area contributed by atoms with Crippen molar-refractivity contribution in [2.24, 2.45) is 5.92 Å². The Kier molecular flexibility index (Phi) is 8.01. The van der Waals surface area contributed by atoms with Crippen molar-refractivity contribution in [2.75, 3.05) is 6.61 Å². The number of alkyl halides is 6. The Morgan fingerprint density at radius 3 is 2.17 bits per heavy atom. The number of halogens is 6. The molecule has 2 aromatic carbocycles. The number of amides is 1. The fraction of sp³-hybridized carbons (Fsp3) is 0.250. The molecule has 210 valence electrons. The summed E-state index contributed by atoms with van der Waals surface area (Å²) in [6, 6.07) is 12.7. The number of aliphatic hydroxyl groups excluding tert-OH is 1. The zero-order valence-corrected chi connectivity index (χ0v) is 21.0. The Bertz CT molecular complexity index is 1570. The quantitative estimate of drug-likeness (QED) is 0.285. The number of pyridine rings is 2. The molecule has 1 amide bonds. The summed E-state index contributed by atoms with van der Waals surface area (Å²) in [5.74, 6) is -1.38. The Morgan fingerprint density at radius 2 is 1.60 bits per heavy atom. The molecular formula is C28H23F6N3O3. The van der Waals surface area contributed by atoms with Crippen LogP contribution in [0.5, 0.6) is 0 Å². The first-order chi connectivity index (χ1) is 18.8. The molecule has 40 heavy (non-hydrogen) atoms. The van der Waals surface area contributed by atoms with E-state index < -0.39 is 53.0 Å². The summed E-state index contributed by atoms with van der Waals surface area (Å²) in [4.78, 5) is 31.3. The molecule has 6 nitrogen and oxygen atoms in total. The zero-order valence-electron chi connectivity index (χ0n) is 21.0. The first kappa shape index (κ1) is 28.8. The lowest BCUT2D eigenvalue weighted by atomic mass is 9.97. The molecule has 0 aliphatic carbocycles. The second-order valence-electron chi connectivity index (χ2n) is 9.29. The molecule has 0 spiro atoms. The smallest absolute Gasteiger partial charge is 0.396 e. The van der Waals surface area contributed by atoms with Crippen molar-refractivity contribution in [3.8, 4) is 11.1 Å². The Hall–Kier alpha value is -4.19. The van der Waals surface area contributed by atoms with Gasteiger partial charge in [0, 0.05) is 36.8 Å². The lowest BCUT2D eigenvalue weighted by molar-refractivity contribution is -0.143. The number of benzene rings is 2. The minimum atomic E-state index is -5.05. The number of carbonyl (C=O) groups is 1. The lowest BCUT2D eigenvalue weighted by Crippen LogP contribution is -2.35. The van der Waals surface area contributed by atoms with Crippen molar-refractivity contribution in [3.05, 3.63) is 99.6 Å². The van der Waals surface area contributed by atoms with E-state index in [-0.39, 0.29) is 30.4 Å². The van der Waals surface area contributed by atoms with Crippen molar-refractivity contribution in [3.63, 3.8) is 0 Å². The average molecular weight is 563 g/mol. The molecule has 1 unspecified atom stereocenters. The molecule has 4 rings (SSSR count). The summed E-state index contributed by atoms with van der Waals surface area (Å²) in [6.45, 7) is 0.528. The van der Waals surface area contributed by atoms with Gasteiger partial charge in [0.25, 0.3) is 11.5 Å². The summed E-state index contributed by atoms with van der Waals surface area (Å²) in [5, 5.41) is 12.4. The van der Waals surface area contributed by atoms with Gasteiger partial charge in [0.2, 0.25) is 0 Å². The fourth-order valence-corrected chi connectivity index (χ4v) is 4.33. The average Bonchev–Trinajstić information content (AvgIpc) is 2.92. The van der Waals surface area contributed by atoms with Gasteiger partial charge >= 0.3 is 12.4 Å². The van der Waals surface area contributed by atoms with Gasteiger partial charge in [0.05, 0.1) is 11.1 Å². The fourth-order valence-electron chi connectivity index (χ4n) is 4.33. The predicted octanol–water partition coefficient (Wildman–Crippen LogP) is 5.66. The Balaban J connectivity index is 1.87. The number of aliphatic hydroxyl groups is 1. The maximum Gasteiger partial charge on any atom is 0.416 e. The largest absolute Gasteiger partial charge is 0.416 e. The molecular weight excluding hydrogens is 540 g/mol.